The number of hydrogen-bond acceptors (Lipinski definition) is 6. The van der Waals surface area contributed by atoms with Crippen LogP contribution >= 0.6 is 11.6 Å². The van der Waals surface area contributed by atoms with Crippen LogP contribution < -0.4 is 11.1 Å². The van der Waals surface area contributed by atoms with Gasteiger partial charge in [-0.2, -0.15) is 9.67 Å². The summed E-state index contributed by atoms with van der Waals surface area (Å²) in [6.45, 7) is 0. The maximum Gasteiger partial charge on any atom is 0.281 e. The Labute approximate surface area is 176 Å². The Morgan fingerprint density at radius 3 is 2.30 bits per heavy atom. The zero-order chi connectivity index (χ0) is 21.1. The third-order valence-corrected chi connectivity index (χ3v) is 4.47. The number of amides is 1. The Balaban J connectivity index is 1.50. The van der Waals surface area contributed by atoms with Crippen molar-refractivity contribution in [1.29, 1.82) is 0 Å². The van der Waals surface area contributed by atoms with Gasteiger partial charge in [0.2, 0.25) is 11.8 Å². The summed E-state index contributed by atoms with van der Waals surface area (Å²) >= 11 is 5.83. The zero-order valence-electron chi connectivity index (χ0n) is 15.5. The average Bonchev–Trinajstić information content (AvgIpc) is 3.16. The molecule has 4 aromatic rings. The van der Waals surface area contributed by atoms with Crippen LogP contribution in [-0.4, -0.2) is 31.6 Å². The molecule has 8 nitrogen and oxygen atoms in total. The van der Waals surface area contributed by atoms with Crippen LogP contribution in [0.3, 0.4) is 0 Å². The van der Waals surface area contributed by atoms with Crippen LogP contribution in [0.2, 0.25) is 5.02 Å². The van der Waals surface area contributed by atoms with Crippen LogP contribution in [-0.2, 0) is 0 Å². The first-order valence-electron chi connectivity index (χ1n) is 8.87. The SMILES string of the molecule is Nc1nc(-c2ccccn2)nn1C(=O)c1ccc(NC(=O)c2ccc(Cl)cc2)cc1. The van der Waals surface area contributed by atoms with E-state index in [4.69, 9.17) is 17.3 Å². The van der Waals surface area contributed by atoms with E-state index in [2.05, 4.69) is 20.4 Å². The molecule has 0 radical (unpaired) electrons. The van der Waals surface area contributed by atoms with Gasteiger partial charge < -0.3 is 11.1 Å². The number of benzene rings is 2. The lowest BCUT2D eigenvalue weighted by molar-refractivity contribution is 0.0947. The number of nitrogens with zero attached hydrogens (tertiary/aromatic N) is 4. The van der Waals surface area contributed by atoms with Crippen LogP contribution in [0.15, 0.2) is 72.9 Å². The highest BCUT2D eigenvalue weighted by atomic mass is 35.5. The molecule has 148 valence electrons. The molecule has 0 atom stereocenters. The van der Waals surface area contributed by atoms with Crippen molar-refractivity contribution in [2.24, 2.45) is 0 Å². The van der Waals surface area contributed by atoms with Crippen molar-refractivity contribution in [3.8, 4) is 11.5 Å². The summed E-state index contributed by atoms with van der Waals surface area (Å²) in [7, 11) is 0. The van der Waals surface area contributed by atoms with Gasteiger partial charge in [0.05, 0.1) is 0 Å². The Kier molecular flexibility index (Phi) is 5.23. The molecule has 0 aliphatic heterocycles. The lowest BCUT2D eigenvalue weighted by atomic mass is 10.1. The van der Waals surface area contributed by atoms with E-state index >= 15 is 0 Å². The molecule has 2 aromatic heterocycles. The minimum atomic E-state index is -0.447. The van der Waals surface area contributed by atoms with Gasteiger partial charge in [-0.15, -0.1) is 5.10 Å². The number of aromatic nitrogens is 4. The Bertz CT molecular complexity index is 1200. The molecule has 0 aliphatic rings. The van der Waals surface area contributed by atoms with E-state index in [1.165, 1.54) is 0 Å². The van der Waals surface area contributed by atoms with E-state index in [1.54, 1.807) is 72.9 Å². The second-order valence-corrected chi connectivity index (χ2v) is 6.70. The fourth-order valence-electron chi connectivity index (χ4n) is 2.70. The van der Waals surface area contributed by atoms with Crippen molar-refractivity contribution in [3.05, 3.63) is 89.1 Å². The van der Waals surface area contributed by atoms with E-state index in [1.807, 2.05) is 0 Å². The highest BCUT2D eigenvalue weighted by Crippen LogP contribution is 2.17. The van der Waals surface area contributed by atoms with Gasteiger partial charge in [0.25, 0.3) is 11.8 Å². The van der Waals surface area contributed by atoms with Crippen molar-refractivity contribution in [1.82, 2.24) is 19.7 Å². The fourth-order valence-corrected chi connectivity index (χ4v) is 2.83. The van der Waals surface area contributed by atoms with Gasteiger partial charge in [-0.1, -0.05) is 17.7 Å². The smallest absolute Gasteiger partial charge is 0.281 e. The van der Waals surface area contributed by atoms with Crippen molar-refractivity contribution in [2.45, 2.75) is 0 Å². The first-order chi connectivity index (χ1) is 14.5. The van der Waals surface area contributed by atoms with Gasteiger partial charge in [-0.05, 0) is 60.7 Å². The highest BCUT2D eigenvalue weighted by Gasteiger charge is 2.17. The van der Waals surface area contributed by atoms with Crippen molar-refractivity contribution in [3.63, 3.8) is 0 Å². The minimum absolute atomic E-state index is 0.0410. The summed E-state index contributed by atoms with van der Waals surface area (Å²) in [5, 5.41) is 7.47. The Hall–Kier alpha value is -4.04. The van der Waals surface area contributed by atoms with E-state index in [-0.39, 0.29) is 17.7 Å². The quantitative estimate of drug-likeness (QED) is 0.523. The molecule has 0 fully saturated rings. The predicted octanol–water partition coefficient (Wildman–Crippen LogP) is 3.52. The second kappa shape index (κ2) is 8.14. The summed E-state index contributed by atoms with van der Waals surface area (Å²) in [4.78, 5) is 33.3. The number of pyridine rings is 1. The normalized spacial score (nSPS) is 10.6. The molecule has 30 heavy (non-hydrogen) atoms. The fraction of sp³-hybridized carbons (Fsp3) is 0. The largest absolute Gasteiger partial charge is 0.368 e. The van der Waals surface area contributed by atoms with Crippen molar-refractivity contribution >= 4 is 35.1 Å². The average molecular weight is 419 g/mol. The van der Waals surface area contributed by atoms with E-state index in [0.717, 1.165) is 4.68 Å². The summed E-state index contributed by atoms with van der Waals surface area (Å²) in [5.74, 6) is -0.516. The summed E-state index contributed by atoms with van der Waals surface area (Å²) < 4.78 is 1.02. The number of hydrogen-bond donors (Lipinski definition) is 2. The van der Waals surface area contributed by atoms with Crippen LogP contribution in [0.1, 0.15) is 20.7 Å². The standard InChI is InChI=1S/C21H15ClN6O2/c22-15-8-4-13(5-9-15)19(29)25-16-10-6-14(7-11-16)20(30)28-21(23)26-18(27-28)17-3-1-2-12-24-17/h1-12H,(H,25,29)(H2,23,26,27). The van der Waals surface area contributed by atoms with Crippen molar-refractivity contribution in [2.75, 3.05) is 11.1 Å². The number of halogens is 1. The number of rotatable bonds is 4. The topological polar surface area (TPSA) is 116 Å². The van der Waals surface area contributed by atoms with Gasteiger partial charge in [0, 0.05) is 28.0 Å². The zero-order valence-corrected chi connectivity index (χ0v) is 16.2. The Morgan fingerprint density at radius 2 is 1.63 bits per heavy atom. The third kappa shape index (κ3) is 4.03. The molecular formula is C21H15ClN6O2. The number of nitrogen functional groups attached to an aromatic ring is 1. The van der Waals surface area contributed by atoms with Gasteiger partial charge in [0.1, 0.15) is 5.69 Å². The molecule has 0 spiro atoms. The lowest BCUT2D eigenvalue weighted by Gasteiger charge is -2.07. The molecule has 0 saturated carbocycles. The van der Waals surface area contributed by atoms with Crippen molar-refractivity contribution < 1.29 is 9.59 Å². The molecule has 3 N–H and O–H groups in total. The number of anilines is 2. The first kappa shape index (κ1) is 19.3. The van der Waals surface area contributed by atoms with Gasteiger partial charge in [0.15, 0.2) is 0 Å². The van der Waals surface area contributed by atoms with Gasteiger partial charge >= 0.3 is 0 Å². The third-order valence-electron chi connectivity index (χ3n) is 4.21. The van der Waals surface area contributed by atoms with Crippen LogP contribution in [0.25, 0.3) is 11.5 Å². The molecule has 0 aliphatic carbocycles. The maximum atomic E-state index is 12.8. The molecular weight excluding hydrogens is 404 g/mol. The van der Waals surface area contributed by atoms with Gasteiger partial charge in [-0.3, -0.25) is 14.6 Å². The maximum absolute atomic E-state index is 12.8. The molecule has 0 unspecified atom stereocenters. The van der Waals surface area contributed by atoms with Crippen LogP contribution in [0, 0.1) is 0 Å². The number of nitrogens with two attached hydrogens (primary N) is 1. The summed E-state index contributed by atoms with van der Waals surface area (Å²) in [5.41, 5.74) is 7.71. The summed E-state index contributed by atoms with van der Waals surface area (Å²) in [6.07, 6.45) is 1.60. The molecule has 9 heteroatoms. The first-order valence-corrected chi connectivity index (χ1v) is 9.25. The number of carbonyl (C=O) groups excluding carboxylic acids is 2. The monoisotopic (exact) mass is 418 g/mol. The van der Waals surface area contributed by atoms with E-state index in [0.29, 0.717) is 27.5 Å². The summed E-state index contributed by atoms with van der Waals surface area (Å²) in [6, 6.07) is 18.2. The number of nitrogens with one attached hydrogen (secondary N) is 1. The van der Waals surface area contributed by atoms with E-state index in [9.17, 15) is 9.59 Å². The van der Waals surface area contributed by atoms with E-state index < -0.39 is 5.91 Å². The predicted molar refractivity (Wildman–Crippen MR) is 113 cm³/mol. The minimum Gasteiger partial charge on any atom is -0.368 e. The molecule has 2 aromatic carbocycles. The number of carbonyl (C=O) groups is 2. The highest BCUT2D eigenvalue weighted by molar-refractivity contribution is 6.30. The second-order valence-electron chi connectivity index (χ2n) is 6.26. The molecule has 1 amide bonds. The molecule has 4 rings (SSSR count). The van der Waals surface area contributed by atoms with Gasteiger partial charge in [-0.25, -0.2) is 0 Å². The molecule has 0 bridgehead atoms. The lowest BCUT2D eigenvalue weighted by Crippen LogP contribution is -2.16. The molecule has 0 saturated heterocycles. The molecule has 2 heterocycles. The van der Waals surface area contributed by atoms with Crippen LogP contribution in [0.4, 0.5) is 11.6 Å². The van der Waals surface area contributed by atoms with Crippen LogP contribution in [0.5, 0.6) is 0 Å². The Morgan fingerprint density at radius 1 is 0.933 bits per heavy atom.